The molecule has 6 heteroatoms. The Bertz CT molecular complexity index is 818. The summed E-state index contributed by atoms with van der Waals surface area (Å²) in [6.45, 7) is 5.47. The standard InChI is InChI=1S/C19H24N2O3S/c1-14-10-12-17(13-11-14)15(2)20-19(22)16(3)21(25(4,23)24)18-8-6-5-7-9-18/h5-13,15-16H,1-4H3,(H,20,22)/t15-,16-/m0/s1. The number of benzene rings is 2. The van der Waals surface area contributed by atoms with Crippen LogP contribution >= 0.6 is 0 Å². The first-order chi connectivity index (χ1) is 11.7. The van der Waals surface area contributed by atoms with E-state index in [1.807, 2.05) is 38.1 Å². The van der Waals surface area contributed by atoms with Crippen LogP contribution in [0.3, 0.4) is 0 Å². The number of anilines is 1. The highest BCUT2D eigenvalue weighted by Crippen LogP contribution is 2.21. The minimum atomic E-state index is -3.60. The smallest absolute Gasteiger partial charge is 0.244 e. The second-order valence-corrected chi connectivity index (χ2v) is 8.07. The van der Waals surface area contributed by atoms with E-state index in [-0.39, 0.29) is 11.9 Å². The summed E-state index contributed by atoms with van der Waals surface area (Å²) in [7, 11) is -3.60. The van der Waals surface area contributed by atoms with Gasteiger partial charge in [0.05, 0.1) is 18.0 Å². The average Bonchev–Trinajstić information content (AvgIpc) is 2.55. The van der Waals surface area contributed by atoms with Crippen LogP contribution in [0, 0.1) is 6.92 Å². The summed E-state index contributed by atoms with van der Waals surface area (Å²) in [6, 6.07) is 15.4. The Morgan fingerprint density at radius 1 is 1.00 bits per heavy atom. The topological polar surface area (TPSA) is 66.5 Å². The van der Waals surface area contributed by atoms with Crippen LogP contribution in [0.1, 0.15) is 31.0 Å². The van der Waals surface area contributed by atoms with E-state index in [9.17, 15) is 13.2 Å². The van der Waals surface area contributed by atoms with Crippen molar-refractivity contribution in [3.05, 3.63) is 65.7 Å². The van der Waals surface area contributed by atoms with Crippen LogP contribution in [0.5, 0.6) is 0 Å². The van der Waals surface area contributed by atoms with Crippen LogP contribution in [0.2, 0.25) is 0 Å². The third-order valence-electron chi connectivity index (χ3n) is 4.04. The summed E-state index contributed by atoms with van der Waals surface area (Å²) in [5.74, 6) is -0.345. The Morgan fingerprint density at radius 3 is 2.08 bits per heavy atom. The summed E-state index contributed by atoms with van der Waals surface area (Å²) in [5, 5.41) is 2.89. The van der Waals surface area contributed by atoms with Gasteiger partial charge in [-0.25, -0.2) is 8.42 Å². The lowest BCUT2D eigenvalue weighted by Gasteiger charge is -2.29. The molecule has 0 aromatic heterocycles. The molecule has 1 amide bonds. The zero-order chi connectivity index (χ0) is 18.6. The van der Waals surface area contributed by atoms with Gasteiger partial charge in [0.1, 0.15) is 6.04 Å². The van der Waals surface area contributed by atoms with Crippen LogP contribution < -0.4 is 9.62 Å². The van der Waals surface area contributed by atoms with Crippen molar-refractivity contribution >= 4 is 21.6 Å². The van der Waals surface area contributed by atoms with Gasteiger partial charge in [-0.2, -0.15) is 0 Å². The van der Waals surface area contributed by atoms with Gasteiger partial charge in [-0.05, 0) is 38.5 Å². The number of sulfonamides is 1. The molecule has 0 fully saturated rings. The van der Waals surface area contributed by atoms with Crippen molar-refractivity contribution in [2.75, 3.05) is 10.6 Å². The first kappa shape index (κ1) is 19.0. The van der Waals surface area contributed by atoms with Crippen molar-refractivity contribution in [2.45, 2.75) is 32.9 Å². The van der Waals surface area contributed by atoms with E-state index in [2.05, 4.69) is 5.32 Å². The van der Waals surface area contributed by atoms with Gasteiger partial charge < -0.3 is 5.32 Å². The molecule has 5 nitrogen and oxygen atoms in total. The average molecular weight is 360 g/mol. The van der Waals surface area contributed by atoms with Gasteiger partial charge in [0, 0.05) is 0 Å². The van der Waals surface area contributed by atoms with E-state index in [4.69, 9.17) is 0 Å². The number of hydrogen-bond donors (Lipinski definition) is 1. The molecular formula is C19H24N2O3S. The van der Waals surface area contributed by atoms with Crippen LogP contribution in [-0.4, -0.2) is 26.6 Å². The number of para-hydroxylation sites is 1. The maximum atomic E-state index is 12.6. The molecule has 134 valence electrons. The number of carbonyl (C=O) groups excluding carboxylic acids is 1. The van der Waals surface area contributed by atoms with E-state index in [0.717, 1.165) is 21.7 Å². The fraction of sp³-hybridized carbons (Fsp3) is 0.316. The Morgan fingerprint density at radius 2 is 1.56 bits per heavy atom. The van der Waals surface area contributed by atoms with Crippen LogP contribution in [0.25, 0.3) is 0 Å². The lowest BCUT2D eigenvalue weighted by molar-refractivity contribution is -0.122. The predicted octanol–water partition coefficient (Wildman–Crippen LogP) is 3.03. The number of rotatable bonds is 6. The molecule has 2 aromatic rings. The SMILES string of the molecule is Cc1ccc([C@H](C)NC(=O)[C@H](C)N(c2ccccc2)S(C)(=O)=O)cc1. The van der Waals surface area contributed by atoms with Crippen molar-refractivity contribution in [1.29, 1.82) is 0 Å². The van der Waals surface area contributed by atoms with Gasteiger partial charge >= 0.3 is 0 Å². The van der Waals surface area contributed by atoms with Crippen molar-refractivity contribution in [2.24, 2.45) is 0 Å². The first-order valence-electron chi connectivity index (χ1n) is 8.11. The predicted molar refractivity (Wildman–Crippen MR) is 101 cm³/mol. The quantitative estimate of drug-likeness (QED) is 0.861. The summed E-state index contributed by atoms with van der Waals surface area (Å²) in [5.41, 5.74) is 2.58. The Hall–Kier alpha value is -2.34. The summed E-state index contributed by atoms with van der Waals surface area (Å²) < 4.78 is 25.6. The van der Waals surface area contributed by atoms with Gasteiger partial charge in [0.25, 0.3) is 0 Å². The zero-order valence-electron chi connectivity index (χ0n) is 14.9. The molecule has 2 rings (SSSR count). The molecule has 0 aliphatic rings. The number of nitrogens with zero attached hydrogens (tertiary/aromatic N) is 1. The maximum Gasteiger partial charge on any atom is 0.244 e. The van der Waals surface area contributed by atoms with Gasteiger partial charge in [0.15, 0.2) is 0 Å². The van der Waals surface area contributed by atoms with Crippen molar-refractivity contribution in [3.63, 3.8) is 0 Å². The highest BCUT2D eigenvalue weighted by atomic mass is 32.2. The molecule has 0 saturated heterocycles. The third-order valence-corrected chi connectivity index (χ3v) is 5.28. The molecule has 0 saturated carbocycles. The number of hydrogen-bond acceptors (Lipinski definition) is 3. The third kappa shape index (κ3) is 4.82. The van der Waals surface area contributed by atoms with Gasteiger partial charge in [-0.1, -0.05) is 48.0 Å². The fourth-order valence-electron chi connectivity index (χ4n) is 2.66. The van der Waals surface area contributed by atoms with E-state index < -0.39 is 16.1 Å². The molecule has 2 aromatic carbocycles. The molecule has 0 spiro atoms. The highest BCUT2D eigenvalue weighted by molar-refractivity contribution is 7.92. The van der Waals surface area contributed by atoms with Crippen LogP contribution in [-0.2, 0) is 14.8 Å². The minimum Gasteiger partial charge on any atom is -0.348 e. The lowest BCUT2D eigenvalue weighted by atomic mass is 10.1. The minimum absolute atomic E-state index is 0.215. The van der Waals surface area contributed by atoms with E-state index >= 15 is 0 Å². The van der Waals surface area contributed by atoms with Crippen LogP contribution in [0.4, 0.5) is 5.69 Å². The summed E-state index contributed by atoms with van der Waals surface area (Å²) >= 11 is 0. The Labute approximate surface area is 149 Å². The summed E-state index contributed by atoms with van der Waals surface area (Å²) in [6.07, 6.45) is 1.10. The molecular weight excluding hydrogens is 336 g/mol. The Kier molecular flexibility index (Phi) is 5.85. The molecule has 1 N–H and O–H groups in total. The molecule has 0 aliphatic heterocycles. The second-order valence-electron chi connectivity index (χ2n) is 6.21. The number of aryl methyl sites for hydroxylation is 1. The molecule has 0 bridgehead atoms. The highest BCUT2D eigenvalue weighted by Gasteiger charge is 2.29. The molecule has 25 heavy (non-hydrogen) atoms. The van der Waals surface area contributed by atoms with Crippen molar-refractivity contribution < 1.29 is 13.2 Å². The number of carbonyl (C=O) groups is 1. The van der Waals surface area contributed by atoms with Gasteiger partial charge in [-0.15, -0.1) is 0 Å². The molecule has 0 aliphatic carbocycles. The maximum absolute atomic E-state index is 12.6. The van der Waals surface area contributed by atoms with Gasteiger partial charge in [0.2, 0.25) is 15.9 Å². The summed E-state index contributed by atoms with van der Waals surface area (Å²) in [4.78, 5) is 12.6. The molecule has 0 radical (unpaired) electrons. The second kappa shape index (κ2) is 7.70. The fourth-order valence-corrected chi connectivity index (χ4v) is 3.83. The molecule has 0 unspecified atom stereocenters. The van der Waals surface area contributed by atoms with E-state index in [1.165, 1.54) is 0 Å². The van der Waals surface area contributed by atoms with Crippen LogP contribution in [0.15, 0.2) is 54.6 Å². The van der Waals surface area contributed by atoms with Crippen molar-refractivity contribution in [3.8, 4) is 0 Å². The first-order valence-corrected chi connectivity index (χ1v) is 9.96. The van der Waals surface area contributed by atoms with E-state index in [0.29, 0.717) is 5.69 Å². The lowest BCUT2D eigenvalue weighted by Crippen LogP contribution is -2.48. The zero-order valence-corrected chi connectivity index (χ0v) is 15.7. The number of nitrogens with one attached hydrogen (secondary N) is 1. The normalized spacial score (nSPS) is 13.8. The largest absolute Gasteiger partial charge is 0.348 e. The van der Waals surface area contributed by atoms with E-state index in [1.54, 1.807) is 37.3 Å². The monoisotopic (exact) mass is 360 g/mol. The number of amides is 1. The molecule has 0 heterocycles. The molecule has 2 atom stereocenters. The van der Waals surface area contributed by atoms with Gasteiger partial charge in [-0.3, -0.25) is 9.10 Å². The Balaban J connectivity index is 2.20. The van der Waals surface area contributed by atoms with Crippen molar-refractivity contribution in [1.82, 2.24) is 5.32 Å².